The van der Waals surface area contributed by atoms with Crippen LogP contribution in [0.25, 0.3) is 22.2 Å². The molecule has 0 aliphatic carbocycles. The average Bonchev–Trinajstić information content (AvgIpc) is 3.11. The lowest BCUT2D eigenvalue weighted by Crippen LogP contribution is -2.23. The Hall–Kier alpha value is -3.47. The van der Waals surface area contributed by atoms with Gasteiger partial charge in [-0.05, 0) is 29.8 Å². The summed E-state index contributed by atoms with van der Waals surface area (Å²) in [5.74, 6) is -0.174. The van der Waals surface area contributed by atoms with Crippen LogP contribution in [0.5, 0.6) is 0 Å². The summed E-state index contributed by atoms with van der Waals surface area (Å²) >= 11 is 0. The van der Waals surface area contributed by atoms with Gasteiger partial charge in [-0.3, -0.25) is 14.8 Å². The molecule has 0 fully saturated rings. The van der Waals surface area contributed by atoms with Gasteiger partial charge < -0.3 is 10.3 Å². The molecule has 2 N–H and O–H groups in total. The number of pyridine rings is 2. The number of carbonyl (C=O) groups is 1. The van der Waals surface area contributed by atoms with Gasteiger partial charge in [0.15, 0.2) is 0 Å². The molecule has 0 atom stereocenters. The van der Waals surface area contributed by atoms with Crippen LogP contribution in [0, 0.1) is 0 Å². The van der Waals surface area contributed by atoms with E-state index in [2.05, 4.69) is 20.3 Å². The molecule has 122 valence electrons. The molecule has 5 heteroatoms. The molecule has 0 spiro atoms. The molecule has 3 heterocycles. The number of nitrogens with one attached hydrogen (secondary N) is 2. The van der Waals surface area contributed by atoms with Crippen molar-refractivity contribution in [3.63, 3.8) is 0 Å². The van der Waals surface area contributed by atoms with E-state index in [-0.39, 0.29) is 5.91 Å². The van der Waals surface area contributed by atoms with E-state index < -0.39 is 0 Å². The van der Waals surface area contributed by atoms with Crippen molar-refractivity contribution in [3.8, 4) is 11.1 Å². The minimum Gasteiger partial charge on any atom is -0.349 e. The number of carbonyl (C=O) groups excluding carboxylic acids is 1. The second-order valence-corrected chi connectivity index (χ2v) is 5.71. The summed E-state index contributed by atoms with van der Waals surface area (Å²) in [4.78, 5) is 24.0. The van der Waals surface area contributed by atoms with Gasteiger partial charge in [-0.1, -0.05) is 36.4 Å². The monoisotopic (exact) mass is 328 g/mol. The molecule has 1 amide bonds. The Kier molecular flexibility index (Phi) is 3.96. The number of aromatic amines is 1. The number of nitrogens with zero attached hydrogens (tertiary/aromatic N) is 2. The predicted octanol–water partition coefficient (Wildman–Crippen LogP) is 3.55. The van der Waals surface area contributed by atoms with E-state index in [4.69, 9.17) is 0 Å². The van der Waals surface area contributed by atoms with Crippen molar-refractivity contribution in [3.05, 3.63) is 84.4 Å². The zero-order valence-electron chi connectivity index (χ0n) is 13.4. The van der Waals surface area contributed by atoms with Crippen molar-refractivity contribution < 1.29 is 4.79 Å². The largest absolute Gasteiger partial charge is 0.349 e. The highest BCUT2D eigenvalue weighted by Gasteiger charge is 2.10. The topological polar surface area (TPSA) is 70.7 Å². The minimum atomic E-state index is -0.174. The third kappa shape index (κ3) is 3.26. The summed E-state index contributed by atoms with van der Waals surface area (Å²) in [6.45, 7) is 0.372. The van der Waals surface area contributed by atoms with Crippen LogP contribution in [0.2, 0.25) is 0 Å². The van der Waals surface area contributed by atoms with Crippen molar-refractivity contribution in [2.24, 2.45) is 0 Å². The van der Waals surface area contributed by atoms with E-state index in [1.54, 1.807) is 12.3 Å². The summed E-state index contributed by atoms with van der Waals surface area (Å²) in [5.41, 5.74) is 5.10. The van der Waals surface area contributed by atoms with Gasteiger partial charge in [0.05, 0.1) is 23.3 Å². The molecular weight excluding hydrogens is 312 g/mol. The summed E-state index contributed by atoms with van der Waals surface area (Å²) in [6, 6.07) is 19.5. The fraction of sp³-hybridized carbons (Fsp3) is 0.0500. The second kappa shape index (κ2) is 6.57. The molecule has 4 aromatic rings. The van der Waals surface area contributed by atoms with Gasteiger partial charge in [-0.25, -0.2) is 0 Å². The molecule has 0 radical (unpaired) electrons. The molecule has 5 nitrogen and oxygen atoms in total. The Morgan fingerprint density at radius 3 is 2.60 bits per heavy atom. The minimum absolute atomic E-state index is 0.174. The fourth-order valence-corrected chi connectivity index (χ4v) is 2.67. The Balaban J connectivity index is 1.43. The number of hydrogen-bond acceptors (Lipinski definition) is 3. The zero-order chi connectivity index (χ0) is 17.1. The number of benzene rings is 1. The fourth-order valence-electron chi connectivity index (χ4n) is 2.67. The molecule has 0 bridgehead atoms. The van der Waals surface area contributed by atoms with E-state index in [1.807, 2.05) is 60.8 Å². The van der Waals surface area contributed by atoms with Gasteiger partial charge in [-0.15, -0.1) is 0 Å². The van der Waals surface area contributed by atoms with Gasteiger partial charge in [0.2, 0.25) is 0 Å². The van der Waals surface area contributed by atoms with E-state index in [0.717, 1.165) is 27.9 Å². The number of hydrogen-bond donors (Lipinski definition) is 2. The standard InChI is InChI=1S/C20H16N4O/c25-20(19-11-18-17(24-19)7-4-10-21-18)23-13-16-9-8-15(12-22-16)14-5-2-1-3-6-14/h1-12,24H,13H2,(H,23,25). The van der Waals surface area contributed by atoms with Crippen molar-refractivity contribution in [2.45, 2.75) is 6.54 Å². The SMILES string of the molecule is O=C(NCc1ccc(-c2ccccc2)cn1)c1cc2ncccc2[nH]1. The Morgan fingerprint density at radius 2 is 1.84 bits per heavy atom. The first kappa shape index (κ1) is 15.1. The highest BCUT2D eigenvalue weighted by molar-refractivity contribution is 5.96. The number of amides is 1. The Bertz CT molecular complexity index is 974. The molecule has 25 heavy (non-hydrogen) atoms. The normalized spacial score (nSPS) is 10.7. The first-order valence-electron chi connectivity index (χ1n) is 8.02. The van der Waals surface area contributed by atoms with Gasteiger partial charge in [0.25, 0.3) is 5.91 Å². The smallest absolute Gasteiger partial charge is 0.268 e. The highest BCUT2D eigenvalue weighted by atomic mass is 16.1. The van der Waals surface area contributed by atoms with Crippen molar-refractivity contribution in [2.75, 3.05) is 0 Å². The average molecular weight is 328 g/mol. The van der Waals surface area contributed by atoms with Gasteiger partial charge >= 0.3 is 0 Å². The van der Waals surface area contributed by atoms with Crippen LogP contribution < -0.4 is 5.32 Å². The third-order valence-corrected chi connectivity index (χ3v) is 4.00. The van der Waals surface area contributed by atoms with Crippen molar-refractivity contribution in [1.29, 1.82) is 0 Å². The van der Waals surface area contributed by atoms with Crippen molar-refractivity contribution >= 4 is 16.9 Å². The van der Waals surface area contributed by atoms with Crippen LogP contribution >= 0.6 is 0 Å². The molecule has 0 aliphatic heterocycles. The number of H-pyrrole nitrogens is 1. The molecule has 1 aromatic carbocycles. The predicted molar refractivity (Wildman–Crippen MR) is 96.9 cm³/mol. The quantitative estimate of drug-likeness (QED) is 0.602. The molecule has 0 saturated heterocycles. The van der Waals surface area contributed by atoms with Gasteiger partial charge in [0.1, 0.15) is 5.69 Å². The molecule has 3 aromatic heterocycles. The molecular formula is C20H16N4O. The summed E-state index contributed by atoms with van der Waals surface area (Å²) in [5, 5.41) is 2.87. The summed E-state index contributed by atoms with van der Waals surface area (Å²) in [7, 11) is 0. The van der Waals surface area contributed by atoms with E-state index >= 15 is 0 Å². The van der Waals surface area contributed by atoms with E-state index in [9.17, 15) is 4.79 Å². The molecule has 0 unspecified atom stereocenters. The van der Waals surface area contributed by atoms with Crippen molar-refractivity contribution in [1.82, 2.24) is 20.3 Å². The van der Waals surface area contributed by atoms with E-state index in [0.29, 0.717) is 12.2 Å². The Morgan fingerprint density at radius 1 is 0.960 bits per heavy atom. The van der Waals surface area contributed by atoms with Gasteiger partial charge in [0, 0.05) is 18.0 Å². The maximum Gasteiger partial charge on any atom is 0.268 e. The lowest BCUT2D eigenvalue weighted by atomic mass is 10.1. The molecule has 0 saturated carbocycles. The number of aromatic nitrogens is 3. The number of rotatable bonds is 4. The highest BCUT2D eigenvalue weighted by Crippen LogP contribution is 2.17. The third-order valence-electron chi connectivity index (χ3n) is 4.00. The maximum absolute atomic E-state index is 12.3. The summed E-state index contributed by atoms with van der Waals surface area (Å²) < 4.78 is 0. The van der Waals surface area contributed by atoms with Crippen LogP contribution in [0.4, 0.5) is 0 Å². The van der Waals surface area contributed by atoms with Crippen LogP contribution in [0.3, 0.4) is 0 Å². The second-order valence-electron chi connectivity index (χ2n) is 5.71. The first-order chi connectivity index (χ1) is 12.3. The van der Waals surface area contributed by atoms with Crippen LogP contribution in [0.15, 0.2) is 73.1 Å². The van der Waals surface area contributed by atoms with E-state index in [1.165, 1.54) is 0 Å². The van der Waals surface area contributed by atoms with Crippen LogP contribution in [0.1, 0.15) is 16.2 Å². The zero-order valence-corrected chi connectivity index (χ0v) is 13.4. The van der Waals surface area contributed by atoms with Crippen LogP contribution in [-0.4, -0.2) is 20.9 Å². The molecule has 0 aliphatic rings. The van der Waals surface area contributed by atoms with Gasteiger partial charge in [-0.2, -0.15) is 0 Å². The Labute approximate surface area is 144 Å². The first-order valence-corrected chi connectivity index (χ1v) is 8.02. The lowest BCUT2D eigenvalue weighted by Gasteiger charge is -2.05. The van der Waals surface area contributed by atoms with Crippen LogP contribution in [-0.2, 0) is 6.54 Å². The maximum atomic E-state index is 12.3. The number of fused-ring (bicyclic) bond motifs is 1. The molecule has 4 rings (SSSR count). The summed E-state index contributed by atoms with van der Waals surface area (Å²) in [6.07, 6.45) is 3.53. The lowest BCUT2D eigenvalue weighted by molar-refractivity contribution is 0.0946.